The number of aromatic carboxylic acids is 2. The summed E-state index contributed by atoms with van der Waals surface area (Å²) < 4.78 is 0. The monoisotopic (exact) mass is 240 g/mol. The Morgan fingerprint density at radius 1 is 0.882 bits per heavy atom. The first-order chi connectivity index (χ1) is 7.61. The zero-order valence-electron chi connectivity index (χ0n) is 8.88. The van der Waals surface area contributed by atoms with Gasteiger partial charge in [-0.1, -0.05) is 30.3 Å². The molecule has 0 atom stereocenters. The summed E-state index contributed by atoms with van der Waals surface area (Å²) in [6.45, 7) is 0. The van der Waals surface area contributed by atoms with E-state index in [4.69, 9.17) is 10.2 Å². The van der Waals surface area contributed by atoms with E-state index in [0.29, 0.717) is 10.8 Å². The second kappa shape index (κ2) is 5.16. The van der Waals surface area contributed by atoms with Crippen LogP contribution in [0.5, 0.6) is 0 Å². The van der Waals surface area contributed by atoms with E-state index in [-0.39, 0.29) is 34.2 Å². The van der Waals surface area contributed by atoms with Crippen LogP contribution < -0.4 is 0 Å². The molecule has 2 aromatic rings. The Bertz CT molecular complexity index is 592. The van der Waals surface area contributed by atoms with Crippen LogP contribution in [0, 0.1) is 0 Å². The van der Waals surface area contributed by atoms with Crippen LogP contribution >= 0.6 is 0 Å². The fourth-order valence-electron chi connectivity index (χ4n) is 1.68. The lowest BCUT2D eigenvalue weighted by atomic mass is 9.99. The Hall–Kier alpha value is -1.59. The standard InChI is InChI=1S/C12H8O4.Mg/c13-11(14)9-6-5-7-3-1-2-4-8(7)10(9)12(15)16;/h1-6H,(H,13,14)(H,15,16);. The zero-order chi connectivity index (χ0) is 11.7. The third kappa shape index (κ3) is 2.40. The average Bonchev–Trinajstić information content (AvgIpc) is 2.27. The van der Waals surface area contributed by atoms with Crippen LogP contribution in [-0.4, -0.2) is 45.2 Å². The fraction of sp³-hybridized carbons (Fsp3) is 0. The maximum Gasteiger partial charge on any atom is 0.337 e. The van der Waals surface area contributed by atoms with Gasteiger partial charge in [0, 0.05) is 23.1 Å². The van der Waals surface area contributed by atoms with Gasteiger partial charge in [-0.25, -0.2) is 9.59 Å². The molecule has 0 aliphatic carbocycles. The second-order valence-corrected chi connectivity index (χ2v) is 3.32. The predicted octanol–water partition coefficient (Wildman–Crippen LogP) is 1.86. The van der Waals surface area contributed by atoms with E-state index in [1.807, 2.05) is 0 Å². The van der Waals surface area contributed by atoms with Gasteiger partial charge in [-0.3, -0.25) is 0 Å². The van der Waals surface area contributed by atoms with Gasteiger partial charge in [0.15, 0.2) is 0 Å². The van der Waals surface area contributed by atoms with Crippen LogP contribution in [0.15, 0.2) is 36.4 Å². The van der Waals surface area contributed by atoms with Crippen molar-refractivity contribution in [2.45, 2.75) is 0 Å². The Morgan fingerprint density at radius 2 is 1.53 bits per heavy atom. The Kier molecular flexibility index (Phi) is 4.09. The van der Waals surface area contributed by atoms with Gasteiger partial charge in [0.25, 0.3) is 0 Å². The van der Waals surface area contributed by atoms with Gasteiger partial charge in [-0.05, 0) is 16.8 Å². The molecule has 82 valence electrons. The number of carbonyl (C=O) groups is 2. The van der Waals surface area contributed by atoms with Crippen molar-refractivity contribution in [2.24, 2.45) is 0 Å². The summed E-state index contributed by atoms with van der Waals surface area (Å²) in [6.07, 6.45) is 0. The number of rotatable bonds is 2. The molecule has 2 N–H and O–H groups in total. The molecule has 0 aromatic heterocycles. The minimum Gasteiger partial charge on any atom is -0.478 e. The summed E-state index contributed by atoms with van der Waals surface area (Å²) in [5.41, 5.74) is -0.350. The third-order valence-corrected chi connectivity index (χ3v) is 2.37. The number of benzene rings is 2. The molecule has 0 bridgehead atoms. The lowest BCUT2D eigenvalue weighted by molar-refractivity contribution is 0.0653. The first-order valence-corrected chi connectivity index (χ1v) is 4.59. The van der Waals surface area contributed by atoms with E-state index in [1.54, 1.807) is 30.3 Å². The first-order valence-electron chi connectivity index (χ1n) is 4.59. The number of carboxylic acid groups (broad SMARTS) is 2. The van der Waals surface area contributed by atoms with Crippen LogP contribution in [-0.2, 0) is 0 Å². The highest BCUT2D eigenvalue weighted by atomic mass is 24.3. The third-order valence-electron chi connectivity index (χ3n) is 2.37. The van der Waals surface area contributed by atoms with E-state index in [2.05, 4.69) is 0 Å². The van der Waals surface area contributed by atoms with Gasteiger partial charge >= 0.3 is 11.9 Å². The molecule has 2 aromatic carbocycles. The minimum atomic E-state index is -1.23. The van der Waals surface area contributed by atoms with Crippen molar-refractivity contribution >= 4 is 45.8 Å². The molecule has 2 radical (unpaired) electrons. The number of fused-ring (bicyclic) bond motifs is 1. The van der Waals surface area contributed by atoms with Crippen molar-refractivity contribution in [3.8, 4) is 0 Å². The van der Waals surface area contributed by atoms with E-state index >= 15 is 0 Å². The van der Waals surface area contributed by atoms with E-state index in [9.17, 15) is 9.59 Å². The van der Waals surface area contributed by atoms with Crippen LogP contribution in [0.1, 0.15) is 20.7 Å². The van der Waals surface area contributed by atoms with Crippen molar-refractivity contribution in [3.05, 3.63) is 47.5 Å². The molecule has 4 nitrogen and oxygen atoms in total. The molecule has 0 unspecified atom stereocenters. The van der Waals surface area contributed by atoms with Crippen molar-refractivity contribution in [1.82, 2.24) is 0 Å². The molecule has 5 heteroatoms. The summed E-state index contributed by atoms with van der Waals surface area (Å²) in [5, 5.41) is 19.1. The van der Waals surface area contributed by atoms with Gasteiger partial charge in [0.05, 0.1) is 11.1 Å². The van der Waals surface area contributed by atoms with Gasteiger partial charge in [-0.2, -0.15) is 0 Å². The molecule has 2 rings (SSSR count). The summed E-state index contributed by atoms with van der Waals surface area (Å²) in [4.78, 5) is 22.0. The topological polar surface area (TPSA) is 74.6 Å². The molecular formula is C12H8MgO4. The van der Waals surface area contributed by atoms with Crippen molar-refractivity contribution in [3.63, 3.8) is 0 Å². The first kappa shape index (κ1) is 13.5. The largest absolute Gasteiger partial charge is 0.478 e. The SMILES string of the molecule is O=C(O)c1ccc2ccccc2c1C(=O)O.[Mg]. The molecule has 0 fully saturated rings. The number of hydrogen-bond acceptors (Lipinski definition) is 2. The second-order valence-electron chi connectivity index (χ2n) is 3.32. The molecule has 0 aliphatic heterocycles. The van der Waals surface area contributed by atoms with E-state index in [0.717, 1.165) is 0 Å². The Labute approximate surface area is 113 Å². The van der Waals surface area contributed by atoms with Gasteiger partial charge in [-0.15, -0.1) is 0 Å². The van der Waals surface area contributed by atoms with Crippen LogP contribution in [0.4, 0.5) is 0 Å². The highest BCUT2D eigenvalue weighted by molar-refractivity contribution is 6.11. The molecule has 0 amide bonds. The molecule has 0 spiro atoms. The summed E-state index contributed by atoms with van der Waals surface area (Å²) in [6, 6.07) is 9.72. The van der Waals surface area contributed by atoms with Gasteiger partial charge in [0.1, 0.15) is 0 Å². The number of carboxylic acids is 2. The molecule has 0 heterocycles. The average molecular weight is 240 g/mol. The maximum absolute atomic E-state index is 11.1. The molecule has 17 heavy (non-hydrogen) atoms. The zero-order valence-corrected chi connectivity index (χ0v) is 10.3. The minimum absolute atomic E-state index is 0. The quantitative estimate of drug-likeness (QED) is 0.786. The molecule has 0 saturated carbocycles. The van der Waals surface area contributed by atoms with Crippen molar-refractivity contribution in [2.75, 3.05) is 0 Å². The Morgan fingerprint density at radius 3 is 2.12 bits per heavy atom. The highest BCUT2D eigenvalue weighted by Crippen LogP contribution is 2.22. The lowest BCUT2D eigenvalue weighted by Gasteiger charge is -2.05. The van der Waals surface area contributed by atoms with E-state index < -0.39 is 11.9 Å². The summed E-state index contributed by atoms with van der Waals surface area (Å²) in [7, 11) is 0. The van der Waals surface area contributed by atoms with Crippen LogP contribution in [0.2, 0.25) is 0 Å². The molecule has 0 saturated heterocycles. The van der Waals surface area contributed by atoms with Crippen LogP contribution in [0.3, 0.4) is 0 Å². The predicted molar refractivity (Wildman–Crippen MR) is 63.6 cm³/mol. The lowest BCUT2D eigenvalue weighted by Crippen LogP contribution is -2.08. The Balaban J connectivity index is 0.00000144. The highest BCUT2D eigenvalue weighted by Gasteiger charge is 2.18. The van der Waals surface area contributed by atoms with Crippen LogP contribution in [0.25, 0.3) is 10.8 Å². The molecule has 0 aliphatic rings. The summed E-state index contributed by atoms with van der Waals surface area (Å²) in [5.74, 6) is -2.46. The van der Waals surface area contributed by atoms with Crippen molar-refractivity contribution < 1.29 is 19.8 Å². The number of hydrogen-bond donors (Lipinski definition) is 2. The van der Waals surface area contributed by atoms with Crippen molar-refractivity contribution in [1.29, 1.82) is 0 Å². The maximum atomic E-state index is 11.1. The van der Waals surface area contributed by atoms with E-state index in [1.165, 1.54) is 6.07 Å². The smallest absolute Gasteiger partial charge is 0.337 e. The normalized spacial score (nSPS) is 9.65. The van der Waals surface area contributed by atoms with Gasteiger partial charge in [0.2, 0.25) is 0 Å². The van der Waals surface area contributed by atoms with Gasteiger partial charge < -0.3 is 10.2 Å². The fourth-order valence-corrected chi connectivity index (χ4v) is 1.68. The summed E-state index contributed by atoms with van der Waals surface area (Å²) >= 11 is 0. The molecular weight excluding hydrogens is 232 g/mol.